The minimum absolute atomic E-state index is 0.185. The van der Waals surface area contributed by atoms with Gasteiger partial charge in [0, 0.05) is 0 Å². The number of fused-ring (bicyclic) bond motifs is 2. The van der Waals surface area contributed by atoms with Crippen molar-refractivity contribution in [3.63, 3.8) is 0 Å². The average Bonchev–Trinajstić information content (AvgIpc) is 2.36. The number of aryl methyl sites for hydroxylation is 1. The van der Waals surface area contributed by atoms with Gasteiger partial charge in [0.2, 0.25) is 0 Å². The molecular weight excluding hydrogens is 228 g/mol. The Morgan fingerprint density at radius 2 is 1.67 bits per heavy atom. The molecule has 18 heavy (non-hydrogen) atoms. The van der Waals surface area contributed by atoms with Gasteiger partial charge in [0.25, 0.3) is 0 Å². The van der Waals surface area contributed by atoms with Gasteiger partial charge >= 0.3 is 5.97 Å². The quantitative estimate of drug-likeness (QED) is 0.662. The first kappa shape index (κ1) is 10.7. The molecule has 0 radical (unpaired) electrons. The standard InChI is InChI=1S/C14H10N2O2/c1-8-4-2-6-10-12(8)16-13-9(14(17)18)5-3-7-11(13)15-10/h2-7H,1H3,(H,17,18). The maximum atomic E-state index is 11.2. The molecule has 0 fully saturated rings. The van der Waals surface area contributed by atoms with Gasteiger partial charge in [0.15, 0.2) is 0 Å². The third-order valence-corrected chi connectivity index (χ3v) is 2.93. The third kappa shape index (κ3) is 1.50. The van der Waals surface area contributed by atoms with Crippen LogP contribution in [0.2, 0.25) is 0 Å². The van der Waals surface area contributed by atoms with Crippen molar-refractivity contribution < 1.29 is 9.90 Å². The zero-order valence-electron chi connectivity index (χ0n) is 9.71. The maximum Gasteiger partial charge on any atom is 0.337 e. The van der Waals surface area contributed by atoms with Crippen molar-refractivity contribution in [2.45, 2.75) is 6.92 Å². The van der Waals surface area contributed by atoms with Crippen molar-refractivity contribution in [2.75, 3.05) is 0 Å². The summed E-state index contributed by atoms with van der Waals surface area (Å²) in [4.78, 5) is 20.1. The molecule has 3 aromatic rings. The average molecular weight is 238 g/mol. The van der Waals surface area contributed by atoms with Crippen LogP contribution in [0.3, 0.4) is 0 Å². The topological polar surface area (TPSA) is 63.1 Å². The van der Waals surface area contributed by atoms with Crippen LogP contribution in [-0.4, -0.2) is 21.0 Å². The number of hydrogen-bond acceptors (Lipinski definition) is 3. The van der Waals surface area contributed by atoms with E-state index in [0.29, 0.717) is 11.0 Å². The highest BCUT2D eigenvalue weighted by atomic mass is 16.4. The van der Waals surface area contributed by atoms with E-state index >= 15 is 0 Å². The SMILES string of the molecule is Cc1cccc2nc3cccc(C(=O)O)c3nc12. The van der Waals surface area contributed by atoms with Gasteiger partial charge in [0.05, 0.1) is 22.1 Å². The summed E-state index contributed by atoms with van der Waals surface area (Å²) in [5.41, 5.74) is 3.75. The summed E-state index contributed by atoms with van der Waals surface area (Å²) in [6.45, 7) is 1.94. The van der Waals surface area contributed by atoms with Gasteiger partial charge in [-0.1, -0.05) is 18.2 Å². The molecule has 0 unspecified atom stereocenters. The van der Waals surface area contributed by atoms with Crippen molar-refractivity contribution in [3.05, 3.63) is 47.5 Å². The van der Waals surface area contributed by atoms with Crippen molar-refractivity contribution in [1.82, 2.24) is 9.97 Å². The lowest BCUT2D eigenvalue weighted by Gasteiger charge is -2.05. The second kappa shape index (κ2) is 3.77. The zero-order chi connectivity index (χ0) is 12.7. The summed E-state index contributed by atoms with van der Waals surface area (Å²) in [5.74, 6) is -0.983. The first-order valence-corrected chi connectivity index (χ1v) is 5.56. The highest BCUT2D eigenvalue weighted by Gasteiger charge is 2.11. The monoisotopic (exact) mass is 238 g/mol. The van der Waals surface area contributed by atoms with E-state index in [2.05, 4.69) is 9.97 Å². The first-order chi connectivity index (χ1) is 8.66. The molecule has 2 aromatic carbocycles. The molecule has 0 aliphatic carbocycles. The molecule has 0 spiro atoms. The molecule has 88 valence electrons. The third-order valence-electron chi connectivity index (χ3n) is 2.93. The molecule has 0 amide bonds. The van der Waals surface area contributed by atoms with Crippen LogP contribution in [0.5, 0.6) is 0 Å². The molecule has 0 bridgehead atoms. The maximum absolute atomic E-state index is 11.2. The van der Waals surface area contributed by atoms with E-state index in [1.54, 1.807) is 18.2 Å². The number of carbonyl (C=O) groups is 1. The highest BCUT2D eigenvalue weighted by molar-refractivity contribution is 6.02. The van der Waals surface area contributed by atoms with Crippen molar-refractivity contribution in [2.24, 2.45) is 0 Å². The van der Waals surface area contributed by atoms with E-state index in [9.17, 15) is 4.79 Å². The molecule has 0 saturated heterocycles. The number of rotatable bonds is 1. The Hall–Kier alpha value is -2.49. The summed E-state index contributed by atoms with van der Waals surface area (Å²) in [5, 5.41) is 9.16. The molecule has 3 rings (SSSR count). The fraction of sp³-hybridized carbons (Fsp3) is 0.0714. The van der Waals surface area contributed by atoms with Crippen molar-refractivity contribution >= 4 is 28.0 Å². The predicted octanol–water partition coefficient (Wildman–Crippen LogP) is 2.79. The summed E-state index contributed by atoms with van der Waals surface area (Å²) >= 11 is 0. The smallest absolute Gasteiger partial charge is 0.337 e. The van der Waals surface area contributed by atoms with Gasteiger partial charge in [0.1, 0.15) is 5.52 Å². The Morgan fingerprint density at radius 3 is 2.39 bits per heavy atom. The van der Waals surface area contributed by atoms with Gasteiger partial charge in [-0.15, -0.1) is 0 Å². The fourth-order valence-electron chi connectivity index (χ4n) is 2.03. The van der Waals surface area contributed by atoms with E-state index in [4.69, 9.17) is 5.11 Å². The normalized spacial score (nSPS) is 10.9. The largest absolute Gasteiger partial charge is 0.478 e. The van der Waals surface area contributed by atoms with E-state index in [1.165, 1.54) is 0 Å². The van der Waals surface area contributed by atoms with Crippen molar-refractivity contribution in [1.29, 1.82) is 0 Å². The lowest BCUT2D eigenvalue weighted by molar-refractivity contribution is 0.0699. The number of carboxylic acid groups (broad SMARTS) is 1. The number of aromatic carboxylic acids is 1. The molecule has 1 heterocycles. The Balaban J connectivity index is 2.50. The van der Waals surface area contributed by atoms with Gasteiger partial charge in [-0.3, -0.25) is 0 Å². The fourth-order valence-corrected chi connectivity index (χ4v) is 2.03. The Labute approximate surface area is 103 Å². The Morgan fingerprint density at radius 1 is 1.00 bits per heavy atom. The second-order valence-corrected chi connectivity index (χ2v) is 4.14. The molecule has 0 aliphatic rings. The van der Waals surface area contributed by atoms with Crippen LogP contribution >= 0.6 is 0 Å². The van der Waals surface area contributed by atoms with Crippen LogP contribution in [0.4, 0.5) is 0 Å². The van der Waals surface area contributed by atoms with Crippen LogP contribution in [-0.2, 0) is 0 Å². The number of aromatic nitrogens is 2. The van der Waals surface area contributed by atoms with Gasteiger partial charge in [-0.25, -0.2) is 14.8 Å². The van der Waals surface area contributed by atoms with Crippen LogP contribution in [0.15, 0.2) is 36.4 Å². The Bertz CT molecular complexity index is 781. The van der Waals surface area contributed by atoms with Crippen LogP contribution in [0, 0.1) is 6.92 Å². The molecule has 0 aliphatic heterocycles. The van der Waals surface area contributed by atoms with Crippen LogP contribution in [0.25, 0.3) is 22.1 Å². The van der Waals surface area contributed by atoms with Gasteiger partial charge in [-0.05, 0) is 30.7 Å². The Kier molecular flexibility index (Phi) is 2.23. The van der Waals surface area contributed by atoms with Gasteiger partial charge in [-0.2, -0.15) is 0 Å². The number of hydrogen-bond donors (Lipinski definition) is 1. The van der Waals surface area contributed by atoms with Crippen LogP contribution in [0.1, 0.15) is 15.9 Å². The summed E-state index contributed by atoms with van der Waals surface area (Å²) < 4.78 is 0. The lowest BCUT2D eigenvalue weighted by atomic mass is 10.1. The molecule has 4 nitrogen and oxygen atoms in total. The number of nitrogens with zero attached hydrogens (tertiary/aromatic N) is 2. The van der Waals surface area contributed by atoms with Crippen molar-refractivity contribution in [3.8, 4) is 0 Å². The minimum atomic E-state index is -0.983. The molecule has 4 heteroatoms. The molecule has 0 atom stereocenters. The molecule has 1 N–H and O–H groups in total. The summed E-state index contributed by atoms with van der Waals surface area (Å²) in [6, 6.07) is 10.7. The molecule has 1 aromatic heterocycles. The second-order valence-electron chi connectivity index (χ2n) is 4.14. The predicted molar refractivity (Wildman–Crippen MR) is 68.7 cm³/mol. The van der Waals surface area contributed by atoms with E-state index in [1.807, 2.05) is 25.1 Å². The highest BCUT2D eigenvalue weighted by Crippen LogP contribution is 2.21. The molecular formula is C14H10N2O2. The number of carboxylic acids is 1. The van der Waals surface area contributed by atoms with E-state index < -0.39 is 5.97 Å². The van der Waals surface area contributed by atoms with E-state index in [0.717, 1.165) is 16.6 Å². The van der Waals surface area contributed by atoms with E-state index in [-0.39, 0.29) is 5.56 Å². The number of benzene rings is 2. The summed E-state index contributed by atoms with van der Waals surface area (Å²) in [6.07, 6.45) is 0. The number of para-hydroxylation sites is 2. The summed E-state index contributed by atoms with van der Waals surface area (Å²) in [7, 11) is 0. The zero-order valence-corrected chi connectivity index (χ0v) is 9.71. The first-order valence-electron chi connectivity index (χ1n) is 5.56. The minimum Gasteiger partial charge on any atom is -0.478 e. The lowest BCUT2D eigenvalue weighted by Crippen LogP contribution is -2.00. The molecule has 0 saturated carbocycles. The van der Waals surface area contributed by atoms with Crippen LogP contribution < -0.4 is 0 Å². The van der Waals surface area contributed by atoms with Gasteiger partial charge < -0.3 is 5.11 Å².